The van der Waals surface area contributed by atoms with Crippen LogP contribution in [0, 0.1) is 0 Å². The summed E-state index contributed by atoms with van der Waals surface area (Å²) in [7, 11) is 0. The van der Waals surface area contributed by atoms with Gasteiger partial charge in [0.1, 0.15) is 24.5 Å². The van der Waals surface area contributed by atoms with Crippen LogP contribution in [0.1, 0.15) is 37.1 Å². The van der Waals surface area contributed by atoms with E-state index in [4.69, 9.17) is 0 Å². The van der Waals surface area contributed by atoms with Crippen molar-refractivity contribution in [1.82, 2.24) is 4.57 Å². The van der Waals surface area contributed by atoms with Crippen LogP contribution in [-0.2, 0) is 0 Å². The predicted octanol–water partition coefficient (Wildman–Crippen LogP) is 3.30. The Morgan fingerprint density at radius 2 is 1.20 bits per heavy atom. The summed E-state index contributed by atoms with van der Waals surface area (Å²) in [6, 6.07) is 31.0. The first-order valence-corrected chi connectivity index (χ1v) is 10.3. The lowest BCUT2D eigenvalue weighted by Crippen LogP contribution is -3.00. The highest BCUT2D eigenvalue weighted by molar-refractivity contribution is 5.86. The van der Waals surface area contributed by atoms with E-state index in [9.17, 15) is 0 Å². The molecule has 0 spiro atoms. The van der Waals surface area contributed by atoms with Crippen molar-refractivity contribution in [2.45, 2.75) is 25.9 Å². The minimum absolute atomic E-state index is 0. The van der Waals surface area contributed by atoms with Crippen molar-refractivity contribution in [3.05, 3.63) is 115 Å². The molecule has 30 heavy (non-hydrogen) atoms. The van der Waals surface area contributed by atoms with Crippen LogP contribution in [0.25, 0.3) is 21.5 Å². The number of nitrogens with zero attached hydrogens (tertiary/aromatic N) is 2. The fourth-order valence-corrected chi connectivity index (χ4v) is 4.39. The summed E-state index contributed by atoms with van der Waals surface area (Å²) in [5, 5.41) is 5.23. The Labute approximate surface area is 183 Å². The molecule has 1 aromatic heterocycles. The normalized spacial score (nSPS) is 13.1. The van der Waals surface area contributed by atoms with Gasteiger partial charge >= 0.3 is 0 Å². The summed E-state index contributed by atoms with van der Waals surface area (Å²) in [6.07, 6.45) is 6.61. The molecule has 5 aromatic rings. The van der Waals surface area contributed by atoms with Crippen LogP contribution in [0.2, 0.25) is 0 Å². The summed E-state index contributed by atoms with van der Waals surface area (Å²) in [5.41, 5.74) is 2.70. The molecule has 0 saturated carbocycles. The van der Waals surface area contributed by atoms with Gasteiger partial charge in [-0.3, -0.25) is 0 Å². The number of hydrogen-bond donors (Lipinski definition) is 0. The third kappa shape index (κ3) is 3.48. The summed E-state index contributed by atoms with van der Waals surface area (Å²) in [5.74, 6) is 0. The minimum Gasteiger partial charge on any atom is -1.00 e. The predicted molar refractivity (Wildman–Crippen MR) is 120 cm³/mol. The lowest BCUT2D eigenvalue weighted by molar-refractivity contribution is -0.709. The standard InChI is InChI=1S/C27H25N2.ClH/c1-20(24-15-7-11-22-9-3-5-13-26(22)24)28-17-18-29(19-28)21(2)25-16-8-12-23-10-4-6-14-27(23)25;/h3-21H,1-2H3;1H/q+1;/p-1. The van der Waals surface area contributed by atoms with Crippen LogP contribution in [0.5, 0.6) is 0 Å². The van der Waals surface area contributed by atoms with Crippen molar-refractivity contribution in [2.24, 2.45) is 0 Å². The number of fused-ring (bicyclic) bond motifs is 2. The largest absolute Gasteiger partial charge is 1.00 e. The summed E-state index contributed by atoms with van der Waals surface area (Å²) in [4.78, 5) is 0. The van der Waals surface area contributed by atoms with Crippen LogP contribution >= 0.6 is 0 Å². The third-order valence-corrected chi connectivity index (χ3v) is 6.12. The molecular weight excluding hydrogens is 388 g/mol. The molecule has 0 saturated heterocycles. The second-order valence-corrected chi connectivity index (χ2v) is 7.80. The first-order valence-electron chi connectivity index (χ1n) is 10.3. The van der Waals surface area contributed by atoms with Gasteiger partial charge in [-0.1, -0.05) is 84.9 Å². The van der Waals surface area contributed by atoms with Gasteiger partial charge in [0.2, 0.25) is 6.33 Å². The molecule has 0 aliphatic carbocycles. The molecule has 4 aromatic carbocycles. The van der Waals surface area contributed by atoms with Crippen molar-refractivity contribution in [1.29, 1.82) is 0 Å². The molecule has 0 radical (unpaired) electrons. The van der Waals surface area contributed by atoms with E-state index in [1.807, 2.05) is 0 Å². The molecule has 0 fully saturated rings. The molecule has 0 amide bonds. The first kappa shape index (κ1) is 20.2. The molecule has 0 N–H and O–H groups in total. The van der Waals surface area contributed by atoms with Crippen LogP contribution in [-0.4, -0.2) is 4.57 Å². The minimum atomic E-state index is 0. The molecule has 3 heteroatoms. The number of hydrogen-bond acceptors (Lipinski definition) is 0. The zero-order chi connectivity index (χ0) is 19.8. The average molecular weight is 413 g/mol. The van der Waals surface area contributed by atoms with E-state index in [0.717, 1.165) is 0 Å². The molecule has 2 unspecified atom stereocenters. The van der Waals surface area contributed by atoms with Crippen LogP contribution in [0.15, 0.2) is 104 Å². The van der Waals surface area contributed by atoms with Crippen molar-refractivity contribution in [2.75, 3.05) is 0 Å². The first-order chi connectivity index (χ1) is 14.2. The topological polar surface area (TPSA) is 8.81 Å². The molecule has 2 atom stereocenters. The van der Waals surface area contributed by atoms with Crippen molar-refractivity contribution < 1.29 is 17.0 Å². The Morgan fingerprint density at radius 3 is 1.87 bits per heavy atom. The zero-order valence-electron chi connectivity index (χ0n) is 17.2. The molecule has 0 aliphatic rings. The van der Waals surface area contributed by atoms with E-state index in [0.29, 0.717) is 0 Å². The van der Waals surface area contributed by atoms with Crippen molar-refractivity contribution in [3.8, 4) is 0 Å². The molecule has 150 valence electrons. The Balaban J connectivity index is 0.00000218. The maximum absolute atomic E-state index is 2.31. The highest BCUT2D eigenvalue weighted by atomic mass is 35.5. The Bertz CT molecular complexity index is 1190. The van der Waals surface area contributed by atoms with E-state index < -0.39 is 0 Å². The summed E-state index contributed by atoms with van der Waals surface area (Å²) < 4.78 is 4.62. The SMILES string of the molecule is CC(c1cccc2ccccc12)n1cc[n+](C(C)c2cccc3ccccc23)c1.[Cl-]. The van der Waals surface area contributed by atoms with Crippen molar-refractivity contribution in [3.63, 3.8) is 0 Å². The van der Waals surface area contributed by atoms with Gasteiger partial charge in [0.15, 0.2) is 0 Å². The zero-order valence-corrected chi connectivity index (χ0v) is 18.0. The highest BCUT2D eigenvalue weighted by Gasteiger charge is 2.20. The molecular formula is C27H25ClN2. The lowest BCUT2D eigenvalue weighted by Gasteiger charge is -2.13. The van der Waals surface area contributed by atoms with E-state index in [1.54, 1.807) is 0 Å². The molecule has 0 bridgehead atoms. The molecule has 2 nitrogen and oxygen atoms in total. The average Bonchev–Trinajstić information content (AvgIpc) is 3.28. The van der Waals surface area contributed by atoms with Crippen LogP contribution in [0.3, 0.4) is 0 Å². The van der Waals surface area contributed by atoms with E-state index in [-0.39, 0.29) is 24.5 Å². The lowest BCUT2D eigenvalue weighted by atomic mass is 9.99. The van der Waals surface area contributed by atoms with Gasteiger partial charge in [0, 0.05) is 11.1 Å². The summed E-state index contributed by atoms with van der Waals surface area (Å²) >= 11 is 0. The molecule has 5 rings (SSSR count). The molecule has 0 aliphatic heterocycles. The Kier molecular flexibility index (Phi) is 5.61. The van der Waals surface area contributed by atoms with Gasteiger partial charge in [-0.15, -0.1) is 0 Å². The van der Waals surface area contributed by atoms with E-state index in [1.165, 1.54) is 32.7 Å². The van der Waals surface area contributed by atoms with Gasteiger partial charge < -0.3 is 12.4 Å². The quantitative estimate of drug-likeness (QED) is 0.400. The van der Waals surface area contributed by atoms with Crippen LogP contribution in [0.4, 0.5) is 0 Å². The van der Waals surface area contributed by atoms with Gasteiger partial charge in [0.25, 0.3) is 0 Å². The summed E-state index contributed by atoms with van der Waals surface area (Å²) in [6.45, 7) is 4.55. The van der Waals surface area contributed by atoms with Gasteiger partial charge in [-0.25, -0.2) is 9.13 Å². The highest BCUT2D eigenvalue weighted by Crippen LogP contribution is 2.27. The number of benzene rings is 4. The van der Waals surface area contributed by atoms with Gasteiger partial charge in [0.05, 0.1) is 0 Å². The Morgan fingerprint density at radius 1 is 0.667 bits per heavy atom. The maximum atomic E-state index is 2.31. The number of aromatic nitrogens is 2. The molecule has 1 heterocycles. The third-order valence-electron chi connectivity index (χ3n) is 6.12. The maximum Gasteiger partial charge on any atom is 0.244 e. The van der Waals surface area contributed by atoms with Crippen LogP contribution < -0.4 is 17.0 Å². The smallest absolute Gasteiger partial charge is 0.244 e. The van der Waals surface area contributed by atoms with E-state index in [2.05, 4.69) is 127 Å². The number of halogens is 1. The second-order valence-electron chi connectivity index (χ2n) is 7.80. The van der Waals surface area contributed by atoms with Gasteiger partial charge in [-0.05, 0) is 35.4 Å². The monoisotopic (exact) mass is 412 g/mol. The second kappa shape index (κ2) is 8.33. The fraction of sp³-hybridized carbons (Fsp3) is 0.148. The number of rotatable bonds is 4. The van der Waals surface area contributed by atoms with Gasteiger partial charge in [-0.2, -0.15) is 0 Å². The van der Waals surface area contributed by atoms with Crippen molar-refractivity contribution >= 4 is 21.5 Å². The Hall–Kier alpha value is -3.10. The fourth-order valence-electron chi connectivity index (χ4n) is 4.39. The van der Waals surface area contributed by atoms with E-state index >= 15 is 0 Å². The number of imidazole rings is 1.